The Labute approximate surface area is 374 Å². The molecule has 348 valence electrons. The number of phenols is 2. The molecule has 30 nitrogen and oxygen atoms in total. The summed E-state index contributed by atoms with van der Waals surface area (Å²) in [5.41, 5.74) is -6.27. The van der Waals surface area contributed by atoms with Gasteiger partial charge in [0.1, 0.15) is 32.4 Å². The molecule has 1 amide bonds. The zero-order valence-electron chi connectivity index (χ0n) is 32.0. The van der Waals surface area contributed by atoms with Gasteiger partial charge < -0.3 is 20.4 Å². The summed E-state index contributed by atoms with van der Waals surface area (Å²) >= 11 is 0.0992. The Hall–Kier alpha value is -7.80. The highest BCUT2D eigenvalue weighted by atomic mass is 32.2. The molecule has 1 aliphatic heterocycles. The van der Waals surface area contributed by atoms with Crippen molar-refractivity contribution < 1.29 is 93.3 Å². The first-order valence-corrected chi connectivity index (χ1v) is 22.2. The van der Waals surface area contributed by atoms with Gasteiger partial charge in [-0.3, -0.25) is 28.6 Å². The molecule has 0 aromatic heterocycles. The lowest BCUT2D eigenvalue weighted by atomic mass is 10.1. The Balaban J connectivity index is 1.41. The van der Waals surface area contributed by atoms with Gasteiger partial charge in [-0.05, 0) is 72.1 Å². The number of rotatable bonds is 16. The number of hydrazone groups is 1. The van der Waals surface area contributed by atoms with Crippen molar-refractivity contribution in [1.82, 2.24) is 0 Å². The first-order chi connectivity index (χ1) is 31.3. The number of carbonyl (C=O) groups is 3. The van der Waals surface area contributed by atoms with E-state index in [1.807, 2.05) is 0 Å². The third-order valence-electron chi connectivity index (χ3n) is 8.63. The molecule has 6 rings (SSSR count). The topological polar surface area (TPSA) is 467 Å². The highest BCUT2D eigenvalue weighted by Crippen LogP contribution is 2.51. The van der Waals surface area contributed by atoms with Gasteiger partial charge in [0.05, 0.1) is 49.2 Å². The summed E-state index contributed by atoms with van der Waals surface area (Å²) in [5, 5.41) is 90.4. The number of benzene rings is 5. The summed E-state index contributed by atoms with van der Waals surface area (Å²) in [6, 6.07) is 8.08. The molecule has 34 heteroatoms. The van der Waals surface area contributed by atoms with Crippen molar-refractivity contribution >= 4 is 117 Å². The van der Waals surface area contributed by atoms with E-state index in [2.05, 4.69) is 45.2 Å². The Morgan fingerprint density at radius 1 is 0.746 bits per heavy atom. The van der Waals surface area contributed by atoms with Crippen LogP contribution in [0.4, 0.5) is 39.8 Å². The maximum atomic E-state index is 13.2. The average molecular weight is 1010 g/mol. The van der Waals surface area contributed by atoms with Gasteiger partial charge in [-0.2, -0.15) is 50.7 Å². The number of carboxylic acids is 2. The highest BCUT2D eigenvalue weighted by Gasteiger charge is 2.41. The molecule has 5 aromatic rings. The number of hydrogen-bond donors (Lipinski definition) is 8. The smallest absolute Gasteiger partial charge is 0.355 e. The summed E-state index contributed by atoms with van der Waals surface area (Å²) < 4.78 is 107. The number of hydrogen-bond acceptors (Lipinski definition) is 24. The number of phenolic OH excluding ortho intramolecular Hbond substituents is 2. The zero-order valence-corrected chi connectivity index (χ0v) is 35.3. The lowest BCUT2D eigenvalue weighted by Crippen LogP contribution is -2.33. The van der Waals surface area contributed by atoms with Crippen molar-refractivity contribution in [2.75, 3.05) is 5.01 Å². The number of fused-ring (bicyclic) bond motifs is 1. The predicted molar refractivity (Wildman–Crippen MR) is 220 cm³/mol. The molecule has 1 atom stereocenters. The maximum Gasteiger partial charge on any atom is 0.355 e. The molecule has 8 N–H and O–H groups in total. The van der Waals surface area contributed by atoms with Gasteiger partial charge in [0, 0.05) is 6.07 Å². The second-order valence-electron chi connectivity index (χ2n) is 12.8. The average Bonchev–Trinajstić information content (AvgIpc) is 3.58. The van der Waals surface area contributed by atoms with Crippen LogP contribution in [-0.4, -0.2) is 99.1 Å². The molecule has 67 heavy (non-hydrogen) atoms. The largest absolute Gasteiger partial charge is 0.505 e. The Bertz CT molecular complexity index is 3420. The molecule has 1 unspecified atom stereocenters. The first-order valence-electron chi connectivity index (χ1n) is 17.1. The molecule has 1 aliphatic rings. The van der Waals surface area contributed by atoms with Crippen molar-refractivity contribution in [2.45, 2.75) is 25.6 Å². The fourth-order valence-corrected chi connectivity index (χ4v) is 8.00. The van der Waals surface area contributed by atoms with Crippen molar-refractivity contribution in [3.8, 4) is 11.5 Å². The monoisotopic (exact) mass is 1010 g/mol. The fraction of sp³-hybridized carbons (Fsp3) is 0.0303. The third kappa shape index (κ3) is 10.4. The molecule has 0 bridgehead atoms. The normalized spacial score (nSPS) is 14.7. The van der Waals surface area contributed by atoms with Crippen LogP contribution >= 0.6 is 12.0 Å². The van der Waals surface area contributed by atoms with E-state index >= 15 is 0 Å². The zero-order chi connectivity index (χ0) is 49.3. The van der Waals surface area contributed by atoms with E-state index in [-0.39, 0.29) is 28.3 Å². The third-order valence-corrected chi connectivity index (χ3v) is 11.9. The summed E-state index contributed by atoms with van der Waals surface area (Å²) in [5.74, 6) is -7.03. The number of nitro groups is 1. The van der Waals surface area contributed by atoms with Crippen molar-refractivity contribution in [2.24, 2.45) is 35.8 Å². The number of nitrogens with zero attached hydrogens (tertiary/aromatic N) is 9. The van der Waals surface area contributed by atoms with Crippen LogP contribution in [-0.2, 0) is 49.3 Å². The van der Waals surface area contributed by atoms with E-state index in [1.54, 1.807) is 0 Å². The van der Waals surface area contributed by atoms with E-state index < -0.39 is 136 Å². The number of amides is 1. The second-order valence-corrected chi connectivity index (χ2v) is 17.7. The quantitative estimate of drug-likeness (QED) is 0.0145. The first kappa shape index (κ1) is 48.7. The Morgan fingerprint density at radius 2 is 1.36 bits per heavy atom. The molecule has 0 spiro atoms. The van der Waals surface area contributed by atoms with Gasteiger partial charge in [0.2, 0.25) is 6.04 Å². The van der Waals surface area contributed by atoms with Gasteiger partial charge in [-0.1, -0.05) is 5.04 Å². The maximum absolute atomic E-state index is 13.2. The molecule has 5 aromatic carbocycles. The number of anilines is 1. The van der Waals surface area contributed by atoms with Crippen molar-refractivity contribution in [1.29, 1.82) is 0 Å². The highest BCUT2D eigenvalue weighted by molar-refractivity contribution is 7.94. The van der Waals surface area contributed by atoms with Gasteiger partial charge in [-0.25, -0.2) is 14.8 Å². The molecule has 0 saturated carbocycles. The lowest BCUT2D eigenvalue weighted by Gasteiger charge is -2.13. The summed E-state index contributed by atoms with van der Waals surface area (Å²) in [6.07, 6.45) is 0. The second kappa shape index (κ2) is 18.6. The molecule has 0 radical (unpaired) electrons. The minimum Gasteiger partial charge on any atom is -0.505 e. The Morgan fingerprint density at radius 3 is 1.94 bits per heavy atom. The fourth-order valence-electron chi connectivity index (χ4n) is 5.73. The number of azo groups is 3. The van der Waals surface area contributed by atoms with E-state index in [4.69, 9.17) is 5.26 Å². The van der Waals surface area contributed by atoms with Gasteiger partial charge >= 0.3 is 11.9 Å². The summed E-state index contributed by atoms with van der Waals surface area (Å²) in [6.45, 7) is 0. The molecular weight excluding hydrogens is 987 g/mol. The van der Waals surface area contributed by atoms with Crippen LogP contribution in [0.3, 0.4) is 0 Å². The summed E-state index contributed by atoms with van der Waals surface area (Å²) in [4.78, 5) is 43.7. The van der Waals surface area contributed by atoms with Crippen LogP contribution in [0.5, 0.6) is 11.5 Å². The van der Waals surface area contributed by atoms with E-state index in [0.717, 1.165) is 60.7 Å². The van der Waals surface area contributed by atoms with E-state index in [0.29, 0.717) is 17.1 Å². The Kier molecular flexibility index (Phi) is 13.5. The lowest BCUT2D eigenvalue weighted by molar-refractivity contribution is -0.432. The van der Waals surface area contributed by atoms with Crippen LogP contribution in [0.2, 0.25) is 0 Å². The van der Waals surface area contributed by atoms with E-state index in [1.165, 1.54) is 0 Å². The van der Waals surface area contributed by atoms with Gasteiger partial charge in [0.25, 0.3) is 41.9 Å². The number of aromatic carboxylic acids is 1. The molecule has 0 fully saturated rings. The molecule has 0 aliphatic carbocycles. The van der Waals surface area contributed by atoms with E-state index in [9.17, 15) is 83.8 Å². The van der Waals surface area contributed by atoms with Gasteiger partial charge in [0.15, 0.2) is 17.2 Å². The van der Waals surface area contributed by atoms with Crippen molar-refractivity contribution in [3.05, 3.63) is 88.5 Å². The number of carbonyl (C=O) groups excluding carboxylic acids is 1. The minimum absolute atomic E-state index is 0.0992. The van der Waals surface area contributed by atoms with Crippen LogP contribution in [0.1, 0.15) is 10.4 Å². The number of nitro benzene ring substituents is 1. The van der Waals surface area contributed by atoms with Crippen LogP contribution in [0.15, 0.2) is 128 Å². The van der Waals surface area contributed by atoms with Crippen molar-refractivity contribution in [3.63, 3.8) is 0 Å². The number of aliphatic carboxylic acids is 1. The van der Waals surface area contributed by atoms with Gasteiger partial charge in [-0.15, -0.1) is 19.7 Å². The number of aromatic hydroxyl groups is 2. The van der Waals surface area contributed by atoms with Crippen LogP contribution in [0.25, 0.3) is 10.8 Å². The van der Waals surface area contributed by atoms with Crippen LogP contribution in [0, 0.1) is 10.1 Å². The predicted octanol–water partition coefficient (Wildman–Crippen LogP) is 5.80. The summed E-state index contributed by atoms with van der Waals surface area (Å²) in [7, 11) is -15.4. The SMILES string of the molecule is O=C(O)C1=NN(c2ccc(S(=O)(=O)O)cc2)C(=O)C1/N=N/c1ccc(/N=N/c2c(S(=O)(=O)O)cc3cc(SOOO)c(/N=N/c4ccc([N+](=O)[O-])c(C(=O)O)c4)c(O)c3c2O)c(S(=O)(=O)O)c1. The number of carboxylic acid groups (broad SMARTS) is 2. The molecule has 1 heterocycles. The van der Waals surface area contributed by atoms with Crippen LogP contribution < -0.4 is 5.01 Å². The molecule has 0 saturated heterocycles. The minimum atomic E-state index is -5.42. The molecular formula is C33H21N9O21S4. The standard InChI is InChI=1S/C33H21N9O21S4/c43-29-24-13(9-21(64-63-62-52)25(29)37-34-14-2-8-20(42(50)51)18(11-14)32(46)47)10-23(67(59,60)61)26(30(24)44)38-36-19-7-1-15(12-22(19)66(56,57)58)35-39-27-28(33(48)49)40-41(31(27)45)16-3-5-17(6-4-16)65(53,54)55/h1-12,27,43-44,52H,(H,46,47)(H,48,49)(H,53,54,55)(H,56,57,58)(H,59,60,61)/b37-34+,38-36+,39-35+.